The van der Waals surface area contributed by atoms with Crippen LogP contribution in [0.5, 0.6) is 5.75 Å². The van der Waals surface area contributed by atoms with Gasteiger partial charge in [0.05, 0.1) is 12.3 Å². The molecule has 3 heterocycles. The molecule has 4 rings (SSSR count). The highest BCUT2D eigenvalue weighted by molar-refractivity contribution is 7.91. The molecule has 192 valence electrons. The number of nitrogens with one attached hydrogen (secondary N) is 1. The van der Waals surface area contributed by atoms with E-state index in [1.165, 1.54) is 21.9 Å². The first-order valence-electron chi connectivity index (χ1n) is 11.7. The van der Waals surface area contributed by atoms with Crippen molar-refractivity contribution in [3.05, 3.63) is 34.4 Å². The van der Waals surface area contributed by atoms with E-state index in [9.17, 15) is 18.0 Å². The number of anilines is 1. The molecule has 36 heavy (non-hydrogen) atoms. The topological polar surface area (TPSA) is 130 Å². The number of hydrogen-bond acceptors (Lipinski definition) is 8. The molecule has 11 nitrogen and oxygen atoms in total. The molecule has 13 heteroatoms. The van der Waals surface area contributed by atoms with Crippen LogP contribution in [0.3, 0.4) is 0 Å². The molecule has 1 fully saturated rings. The Morgan fingerprint density at radius 1 is 1.11 bits per heavy atom. The van der Waals surface area contributed by atoms with Crippen molar-refractivity contribution in [2.75, 3.05) is 31.1 Å². The maximum atomic E-state index is 13.8. The van der Waals surface area contributed by atoms with Gasteiger partial charge in [0.1, 0.15) is 35.1 Å². The summed E-state index contributed by atoms with van der Waals surface area (Å²) in [6.07, 6.45) is 1.42. The number of likely N-dealkylation sites (N-methyl/N-ethyl adjacent to an activating group) is 1. The Hall–Kier alpha value is -3.32. The number of piperazine rings is 1. The van der Waals surface area contributed by atoms with Crippen LogP contribution in [0, 0.1) is 11.6 Å². The Balaban J connectivity index is 1.85. The average Bonchev–Trinajstić information content (AvgIpc) is 3.16. The normalized spacial score (nSPS) is 14.7. The van der Waals surface area contributed by atoms with Crippen molar-refractivity contribution in [1.82, 2.24) is 24.5 Å². The minimum Gasteiger partial charge on any atom is -0.492 e. The fourth-order valence-electron chi connectivity index (χ4n) is 4.17. The number of amides is 2. The summed E-state index contributed by atoms with van der Waals surface area (Å²) in [6.45, 7) is 7.71. The van der Waals surface area contributed by atoms with Gasteiger partial charge in [0.2, 0.25) is 26.8 Å². The van der Waals surface area contributed by atoms with Crippen molar-refractivity contribution in [3.8, 4) is 5.75 Å². The fourth-order valence-corrected chi connectivity index (χ4v) is 5.86. The van der Waals surface area contributed by atoms with Crippen molar-refractivity contribution in [2.45, 2.75) is 50.6 Å². The molecule has 0 bridgehead atoms. The molecular weight excluding hydrogens is 504 g/mol. The first-order chi connectivity index (χ1) is 17.1. The number of carbonyl (C=O) groups excluding carboxylic acids is 2. The molecule has 0 aliphatic carbocycles. The standard InChI is InChI=1S/C23H28N6O5S2/c1-5-8-18-24-14(4)21-22(35)25-23(26-29(18)21)36(32,33)17-11-15(9-10-16(17)34-7-3)28-13-19(30)27(6-2)12-20(28)31/h9-11H,5-8,12-13H2,1-4H3,(H,25,26,35). The van der Waals surface area contributed by atoms with Crippen LogP contribution >= 0.6 is 12.2 Å². The highest BCUT2D eigenvalue weighted by Gasteiger charge is 2.32. The third kappa shape index (κ3) is 4.48. The number of benzene rings is 1. The number of aromatic nitrogens is 4. The van der Waals surface area contributed by atoms with Crippen LogP contribution in [0.25, 0.3) is 5.52 Å². The zero-order valence-corrected chi connectivity index (χ0v) is 22.2. The zero-order valence-electron chi connectivity index (χ0n) is 20.6. The molecule has 1 saturated heterocycles. The maximum absolute atomic E-state index is 13.8. The monoisotopic (exact) mass is 532 g/mol. The van der Waals surface area contributed by atoms with Crippen molar-refractivity contribution in [3.63, 3.8) is 0 Å². The first-order valence-corrected chi connectivity index (χ1v) is 13.6. The summed E-state index contributed by atoms with van der Waals surface area (Å²) >= 11 is 5.43. The molecule has 1 aliphatic heterocycles. The van der Waals surface area contributed by atoms with Crippen LogP contribution in [-0.2, 0) is 25.8 Å². The molecule has 1 aliphatic rings. The van der Waals surface area contributed by atoms with Crippen molar-refractivity contribution < 1.29 is 22.7 Å². The Labute approximate surface area is 214 Å². The van der Waals surface area contributed by atoms with Gasteiger partial charge < -0.3 is 14.5 Å². The molecular formula is C23H28N6O5S2. The first kappa shape index (κ1) is 25.8. The van der Waals surface area contributed by atoms with Gasteiger partial charge in [-0.05, 0) is 45.4 Å². The van der Waals surface area contributed by atoms with Gasteiger partial charge in [0, 0.05) is 18.7 Å². The maximum Gasteiger partial charge on any atom is 0.247 e. The van der Waals surface area contributed by atoms with Gasteiger partial charge in [-0.3, -0.25) is 14.7 Å². The number of hydrogen-bond donors (Lipinski definition) is 1. The number of imidazole rings is 1. The van der Waals surface area contributed by atoms with Gasteiger partial charge in [-0.2, -0.15) is 0 Å². The number of H-pyrrole nitrogens is 1. The van der Waals surface area contributed by atoms with Crippen molar-refractivity contribution in [1.29, 1.82) is 0 Å². The van der Waals surface area contributed by atoms with E-state index in [1.54, 1.807) is 31.4 Å². The van der Waals surface area contributed by atoms with Gasteiger partial charge in [0.25, 0.3) is 0 Å². The second-order valence-corrected chi connectivity index (χ2v) is 10.6. The summed E-state index contributed by atoms with van der Waals surface area (Å²) < 4.78 is 35.0. The summed E-state index contributed by atoms with van der Waals surface area (Å²) in [5, 5.41) is 2.50. The van der Waals surface area contributed by atoms with Crippen LogP contribution in [-0.4, -0.2) is 71.0 Å². The van der Waals surface area contributed by atoms with Gasteiger partial charge in [-0.15, -0.1) is 0 Å². The van der Waals surface area contributed by atoms with E-state index in [0.29, 0.717) is 30.0 Å². The number of ether oxygens (including phenoxy) is 1. The minimum absolute atomic E-state index is 0.0733. The number of nitrogens with zero attached hydrogens (tertiary/aromatic N) is 5. The van der Waals surface area contributed by atoms with Gasteiger partial charge >= 0.3 is 0 Å². The highest BCUT2D eigenvalue weighted by Crippen LogP contribution is 2.33. The second-order valence-electron chi connectivity index (χ2n) is 8.34. The van der Waals surface area contributed by atoms with E-state index in [1.807, 2.05) is 6.92 Å². The number of sulfone groups is 1. The Morgan fingerprint density at radius 3 is 2.53 bits per heavy atom. The highest BCUT2D eigenvalue weighted by atomic mass is 32.2. The predicted molar refractivity (Wildman–Crippen MR) is 135 cm³/mol. The van der Waals surface area contributed by atoms with Crippen molar-refractivity contribution >= 4 is 45.1 Å². The van der Waals surface area contributed by atoms with Gasteiger partial charge in [-0.25, -0.2) is 22.9 Å². The lowest BCUT2D eigenvalue weighted by molar-refractivity contribution is -0.138. The second kappa shape index (κ2) is 9.97. The molecule has 0 unspecified atom stereocenters. The predicted octanol–water partition coefficient (Wildman–Crippen LogP) is 2.47. The lowest BCUT2D eigenvalue weighted by atomic mass is 10.2. The van der Waals surface area contributed by atoms with Gasteiger partial charge in [-0.1, -0.05) is 19.1 Å². The van der Waals surface area contributed by atoms with E-state index in [2.05, 4.69) is 15.1 Å². The molecule has 0 atom stereocenters. The Bertz CT molecular complexity index is 1510. The van der Waals surface area contributed by atoms with E-state index in [4.69, 9.17) is 17.0 Å². The molecule has 0 saturated carbocycles. The van der Waals surface area contributed by atoms with Crippen LogP contribution in [0.2, 0.25) is 0 Å². The number of aromatic amines is 1. The fraction of sp³-hybridized carbons (Fsp3) is 0.435. The smallest absolute Gasteiger partial charge is 0.247 e. The third-order valence-electron chi connectivity index (χ3n) is 5.95. The van der Waals surface area contributed by atoms with Crippen LogP contribution in [0.4, 0.5) is 5.69 Å². The number of aryl methyl sites for hydroxylation is 2. The molecule has 3 aromatic rings. The van der Waals surface area contributed by atoms with Crippen LogP contribution in [0.1, 0.15) is 38.7 Å². The molecule has 0 spiro atoms. The summed E-state index contributed by atoms with van der Waals surface area (Å²) in [7, 11) is -4.28. The summed E-state index contributed by atoms with van der Waals surface area (Å²) in [6, 6.07) is 4.38. The largest absolute Gasteiger partial charge is 0.492 e. The number of rotatable bonds is 8. The molecule has 1 N–H and O–H groups in total. The Morgan fingerprint density at radius 2 is 1.86 bits per heavy atom. The Kier molecular flexibility index (Phi) is 7.14. The quantitative estimate of drug-likeness (QED) is 0.438. The molecule has 1 aromatic carbocycles. The van der Waals surface area contributed by atoms with E-state index in [0.717, 1.165) is 6.42 Å². The minimum atomic E-state index is -4.28. The SMILES string of the molecule is CCCc1nc(C)c2c(=S)nc(S(=O)(=O)c3cc(N4CC(=O)N(CC)CC4=O)ccc3OCC)[nH]n12. The number of carbonyl (C=O) groups is 2. The van der Waals surface area contributed by atoms with E-state index < -0.39 is 9.84 Å². The third-order valence-corrected chi connectivity index (χ3v) is 7.82. The lowest BCUT2D eigenvalue weighted by Crippen LogP contribution is -2.53. The summed E-state index contributed by atoms with van der Waals surface area (Å²) in [5.41, 5.74) is 1.47. The summed E-state index contributed by atoms with van der Waals surface area (Å²) in [5.74, 6) is 0.224. The zero-order chi connectivity index (χ0) is 26.2. The average molecular weight is 533 g/mol. The summed E-state index contributed by atoms with van der Waals surface area (Å²) in [4.78, 5) is 36.4. The van der Waals surface area contributed by atoms with Crippen molar-refractivity contribution in [2.24, 2.45) is 0 Å². The molecule has 0 radical (unpaired) electrons. The van der Waals surface area contributed by atoms with Crippen LogP contribution in [0.15, 0.2) is 28.3 Å². The van der Waals surface area contributed by atoms with Gasteiger partial charge in [0.15, 0.2) is 4.64 Å². The van der Waals surface area contributed by atoms with E-state index in [-0.39, 0.29) is 57.6 Å². The number of fused-ring (bicyclic) bond motifs is 1. The lowest BCUT2D eigenvalue weighted by Gasteiger charge is -2.33. The molecule has 2 aromatic heterocycles. The van der Waals surface area contributed by atoms with E-state index >= 15 is 0 Å². The molecule has 2 amide bonds. The van der Waals surface area contributed by atoms with Crippen LogP contribution < -0.4 is 9.64 Å².